The molecular weight excluding hydrogens is 543 g/mol. The van der Waals surface area contributed by atoms with Crippen LogP contribution in [-0.4, -0.2) is 41.0 Å². The predicted molar refractivity (Wildman–Crippen MR) is 166 cm³/mol. The average molecular weight is 607 g/mol. The lowest BCUT2D eigenvalue weighted by Crippen LogP contribution is -2.29. The molecule has 0 aromatic heterocycles. The van der Waals surface area contributed by atoms with Crippen molar-refractivity contribution in [3.63, 3.8) is 0 Å². The van der Waals surface area contributed by atoms with Crippen molar-refractivity contribution in [2.75, 3.05) is 13.2 Å². The second-order valence-corrected chi connectivity index (χ2v) is 12.7. The molecule has 0 aliphatic heterocycles. The molecule has 0 saturated heterocycles. The number of carbonyl (C=O) groups is 2. The molecular formula is C32H63O8P. The minimum atomic E-state index is -4.73. The topological polar surface area (TPSA) is 119 Å². The molecule has 41 heavy (non-hydrogen) atoms. The molecule has 0 bridgehead atoms. The van der Waals surface area contributed by atoms with Crippen LogP contribution < -0.4 is 0 Å². The lowest BCUT2D eigenvalue weighted by molar-refractivity contribution is -0.161. The predicted octanol–water partition coefficient (Wildman–Crippen LogP) is 9.34. The molecule has 0 spiro atoms. The molecule has 0 unspecified atom stereocenters. The Balaban J connectivity index is 3.78. The fourth-order valence-corrected chi connectivity index (χ4v) is 5.20. The van der Waals surface area contributed by atoms with Crippen molar-refractivity contribution in [1.82, 2.24) is 0 Å². The second-order valence-electron chi connectivity index (χ2n) is 11.5. The van der Waals surface area contributed by atoms with E-state index in [2.05, 4.69) is 18.4 Å². The van der Waals surface area contributed by atoms with Crippen molar-refractivity contribution in [3.05, 3.63) is 0 Å². The molecule has 0 aromatic carbocycles. The van der Waals surface area contributed by atoms with Gasteiger partial charge in [-0.25, -0.2) is 4.57 Å². The Labute approximate surface area is 251 Å². The minimum absolute atomic E-state index is 0.212. The van der Waals surface area contributed by atoms with Gasteiger partial charge in [0.2, 0.25) is 0 Å². The van der Waals surface area contributed by atoms with E-state index >= 15 is 0 Å². The van der Waals surface area contributed by atoms with E-state index in [9.17, 15) is 14.2 Å². The Bertz CT molecular complexity index is 652. The van der Waals surface area contributed by atoms with Crippen molar-refractivity contribution in [1.29, 1.82) is 0 Å². The second kappa shape index (κ2) is 29.1. The van der Waals surface area contributed by atoms with E-state index in [-0.39, 0.29) is 19.4 Å². The Morgan fingerprint density at radius 1 is 0.537 bits per heavy atom. The number of phosphoric acid groups is 1. The highest BCUT2D eigenvalue weighted by Gasteiger charge is 2.22. The zero-order chi connectivity index (χ0) is 30.4. The highest BCUT2D eigenvalue weighted by molar-refractivity contribution is 7.46. The molecule has 0 rings (SSSR count). The number of ether oxygens (including phenoxy) is 2. The maximum Gasteiger partial charge on any atom is 0.469 e. The zero-order valence-corrected chi connectivity index (χ0v) is 27.4. The molecule has 2 N–H and O–H groups in total. The molecule has 0 fully saturated rings. The Morgan fingerprint density at radius 3 is 1.24 bits per heavy atom. The largest absolute Gasteiger partial charge is 0.469 e. The molecule has 1 atom stereocenters. The molecule has 0 aromatic rings. The molecule has 244 valence electrons. The van der Waals surface area contributed by atoms with Crippen molar-refractivity contribution in [2.24, 2.45) is 0 Å². The quantitative estimate of drug-likeness (QED) is 0.0455. The first kappa shape index (κ1) is 40.1. The van der Waals surface area contributed by atoms with Crippen LogP contribution in [-0.2, 0) is 28.2 Å². The van der Waals surface area contributed by atoms with Gasteiger partial charge in [0.05, 0.1) is 6.61 Å². The summed E-state index contributed by atoms with van der Waals surface area (Å²) in [5.41, 5.74) is 0. The first-order valence-corrected chi connectivity index (χ1v) is 18.4. The summed E-state index contributed by atoms with van der Waals surface area (Å²) in [6.45, 7) is 3.57. The first-order valence-electron chi connectivity index (χ1n) is 16.8. The number of esters is 2. The number of unbranched alkanes of at least 4 members (excludes halogenated alkanes) is 21. The summed E-state index contributed by atoms with van der Waals surface area (Å²) in [7, 11) is -4.73. The summed E-state index contributed by atoms with van der Waals surface area (Å²) in [4.78, 5) is 42.1. The van der Waals surface area contributed by atoms with E-state index in [1.165, 1.54) is 96.3 Å². The Hall–Kier alpha value is -0.950. The summed E-state index contributed by atoms with van der Waals surface area (Å²) in [6.07, 6.45) is 27.4. The fraction of sp³-hybridized carbons (Fsp3) is 0.938. The lowest BCUT2D eigenvalue weighted by Gasteiger charge is -2.18. The number of phosphoric ester groups is 1. The van der Waals surface area contributed by atoms with Gasteiger partial charge < -0.3 is 19.3 Å². The first-order chi connectivity index (χ1) is 19.8. The van der Waals surface area contributed by atoms with Crippen LogP contribution in [0.15, 0.2) is 0 Å². The molecule has 9 heteroatoms. The summed E-state index contributed by atoms with van der Waals surface area (Å²) >= 11 is 0. The SMILES string of the molecule is CCCCCCCCCCCCCCCCCCCCC(=O)OC[C@H](COP(=O)(O)O)OC(=O)CCCCCCC. The third kappa shape index (κ3) is 31.8. The summed E-state index contributed by atoms with van der Waals surface area (Å²) < 4.78 is 26.0. The van der Waals surface area contributed by atoms with Gasteiger partial charge in [-0.1, -0.05) is 149 Å². The number of hydrogen-bond donors (Lipinski definition) is 2. The Kier molecular flexibility index (Phi) is 28.5. The van der Waals surface area contributed by atoms with Gasteiger partial charge in [0.1, 0.15) is 6.61 Å². The standard InChI is InChI=1S/C32H63O8P/c1-3-5-7-9-10-11-12-13-14-15-16-17-18-19-20-21-23-24-26-31(33)38-28-30(29-39-41(35,36)37)40-32(34)27-25-22-8-6-4-2/h30H,3-29H2,1-2H3,(H2,35,36,37)/t30-/m1/s1. The smallest absolute Gasteiger partial charge is 0.462 e. The summed E-state index contributed by atoms with van der Waals surface area (Å²) in [5.74, 6) is -0.890. The van der Waals surface area contributed by atoms with Crippen LogP contribution in [0.2, 0.25) is 0 Å². The summed E-state index contributed by atoms with van der Waals surface area (Å²) in [5, 5.41) is 0. The van der Waals surface area contributed by atoms with E-state index in [1.807, 2.05) is 0 Å². The van der Waals surface area contributed by atoms with Crippen molar-refractivity contribution in [2.45, 2.75) is 180 Å². The van der Waals surface area contributed by atoms with Gasteiger partial charge in [-0.3, -0.25) is 14.1 Å². The molecule has 0 saturated carbocycles. The monoisotopic (exact) mass is 606 g/mol. The van der Waals surface area contributed by atoms with E-state index in [0.717, 1.165) is 44.9 Å². The highest BCUT2D eigenvalue weighted by Crippen LogP contribution is 2.36. The highest BCUT2D eigenvalue weighted by atomic mass is 31.2. The Morgan fingerprint density at radius 2 is 0.878 bits per heavy atom. The molecule has 0 aliphatic rings. The van der Waals surface area contributed by atoms with Gasteiger partial charge >= 0.3 is 19.8 Å². The normalized spacial score (nSPS) is 12.4. The van der Waals surface area contributed by atoms with Crippen LogP contribution in [0.4, 0.5) is 0 Å². The number of hydrogen-bond acceptors (Lipinski definition) is 6. The van der Waals surface area contributed by atoms with Crippen LogP contribution in [0.3, 0.4) is 0 Å². The van der Waals surface area contributed by atoms with Gasteiger partial charge in [0.25, 0.3) is 0 Å². The van der Waals surface area contributed by atoms with Crippen molar-refractivity contribution >= 4 is 19.8 Å². The van der Waals surface area contributed by atoms with E-state index in [4.69, 9.17) is 19.3 Å². The third-order valence-corrected chi connectivity index (χ3v) is 7.86. The van der Waals surface area contributed by atoms with E-state index in [1.54, 1.807) is 0 Å². The van der Waals surface area contributed by atoms with Crippen LogP contribution in [0.25, 0.3) is 0 Å². The molecule has 0 radical (unpaired) electrons. The summed E-state index contributed by atoms with van der Waals surface area (Å²) in [6, 6.07) is 0. The maximum absolute atomic E-state index is 12.1. The molecule has 0 heterocycles. The number of rotatable bonds is 31. The molecule has 0 amide bonds. The van der Waals surface area contributed by atoms with Gasteiger partial charge in [-0.15, -0.1) is 0 Å². The third-order valence-electron chi connectivity index (χ3n) is 7.38. The fourth-order valence-electron chi connectivity index (χ4n) is 4.84. The van der Waals surface area contributed by atoms with Gasteiger partial charge in [-0.2, -0.15) is 0 Å². The maximum atomic E-state index is 12.1. The number of carbonyl (C=O) groups excluding carboxylic acids is 2. The molecule has 8 nitrogen and oxygen atoms in total. The van der Waals surface area contributed by atoms with E-state index in [0.29, 0.717) is 6.42 Å². The van der Waals surface area contributed by atoms with Crippen LogP contribution >= 0.6 is 7.82 Å². The van der Waals surface area contributed by atoms with E-state index < -0.39 is 32.5 Å². The van der Waals surface area contributed by atoms with Crippen LogP contribution in [0.1, 0.15) is 174 Å². The minimum Gasteiger partial charge on any atom is -0.462 e. The lowest BCUT2D eigenvalue weighted by atomic mass is 10.0. The van der Waals surface area contributed by atoms with Gasteiger partial charge in [0, 0.05) is 12.8 Å². The average Bonchev–Trinajstić information content (AvgIpc) is 2.93. The van der Waals surface area contributed by atoms with Crippen molar-refractivity contribution < 1.29 is 37.9 Å². The van der Waals surface area contributed by atoms with Crippen molar-refractivity contribution in [3.8, 4) is 0 Å². The van der Waals surface area contributed by atoms with Gasteiger partial charge in [0.15, 0.2) is 6.10 Å². The van der Waals surface area contributed by atoms with Crippen LogP contribution in [0, 0.1) is 0 Å². The van der Waals surface area contributed by atoms with Gasteiger partial charge in [-0.05, 0) is 12.8 Å². The molecule has 0 aliphatic carbocycles. The van der Waals surface area contributed by atoms with Crippen LogP contribution in [0.5, 0.6) is 0 Å². The zero-order valence-electron chi connectivity index (χ0n) is 26.5.